The number of pyridine rings is 1. The topological polar surface area (TPSA) is 16.1 Å². The molecule has 0 radical (unpaired) electrons. The van der Waals surface area contributed by atoms with E-state index in [0.717, 1.165) is 22.5 Å². The number of aryl methyl sites for hydroxylation is 1. The van der Waals surface area contributed by atoms with Crippen LogP contribution in [0.4, 0.5) is 5.82 Å². The van der Waals surface area contributed by atoms with Crippen molar-refractivity contribution >= 4 is 33.3 Å². The van der Waals surface area contributed by atoms with Crippen LogP contribution in [0.15, 0.2) is 16.6 Å². The van der Waals surface area contributed by atoms with E-state index in [1.54, 1.807) is 0 Å². The standard InChI is InChI=1S/C13H18BrClN2/c1-10-12(14)6-7-13(16-10)17(9-8-15)11-4-2-3-5-11/h6-7,11H,2-5,8-9H2,1H3. The predicted molar refractivity (Wildman–Crippen MR) is 77.0 cm³/mol. The monoisotopic (exact) mass is 316 g/mol. The van der Waals surface area contributed by atoms with Crippen molar-refractivity contribution in [3.8, 4) is 0 Å². The second-order valence-electron chi connectivity index (χ2n) is 4.56. The summed E-state index contributed by atoms with van der Waals surface area (Å²) in [5.41, 5.74) is 1.04. The van der Waals surface area contributed by atoms with Gasteiger partial charge in [-0.1, -0.05) is 12.8 Å². The number of rotatable bonds is 4. The smallest absolute Gasteiger partial charge is 0.129 e. The van der Waals surface area contributed by atoms with E-state index in [4.69, 9.17) is 11.6 Å². The second-order valence-corrected chi connectivity index (χ2v) is 5.79. The largest absolute Gasteiger partial charge is 0.352 e. The highest BCUT2D eigenvalue weighted by Crippen LogP contribution is 2.28. The Morgan fingerprint density at radius 1 is 1.41 bits per heavy atom. The van der Waals surface area contributed by atoms with Gasteiger partial charge in [-0.05, 0) is 47.8 Å². The Labute approximate surface area is 116 Å². The van der Waals surface area contributed by atoms with Crippen molar-refractivity contribution in [1.82, 2.24) is 4.98 Å². The molecule has 0 spiro atoms. The van der Waals surface area contributed by atoms with E-state index in [9.17, 15) is 0 Å². The Hall–Kier alpha value is -0.280. The predicted octanol–water partition coefficient (Wildman–Crippen LogP) is 4.14. The van der Waals surface area contributed by atoms with Crippen LogP contribution in [0.25, 0.3) is 0 Å². The van der Waals surface area contributed by atoms with Gasteiger partial charge in [0.05, 0.1) is 5.69 Å². The molecule has 0 amide bonds. The summed E-state index contributed by atoms with van der Waals surface area (Å²) in [7, 11) is 0. The molecule has 94 valence electrons. The van der Waals surface area contributed by atoms with Gasteiger partial charge in [0.25, 0.3) is 0 Å². The third-order valence-electron chi connectivity index (χ3n) is 3.39. The van der Waals surface area contributed by atoms with Crippen molar-refractivity contribution < 1.29 is 0 Å². The molecule has 2 nitrogen and oxygen atoms in total. The highest BCUT2D eigenvalue weighted by Gasteiger charge is 2.23. The van der Waals surface area contributed by atoms with Crippen LogP contribution in [0.3, 0.4) is 0 Å². The van der Waals surface area contributed by atoms with E-state index in [0.29, 0.717) is 11.9 Å². The zero-order valence-corrected chi connectivity index (χ0v) is 12.5. The molecule has 0 atom stereocenters. The molecule has 1 aromatic heterocycles. The van der Waals surface area contributed by atoms with Crippen LogP contribution >= 0.6 is 27.5 Å². The molecular weight excluding hydrogens is 300 g/mol. The summed E-state index contributed by atoms with van der Waals surface area (Å²) in [5.74, 6) is 1.73. The zero-order valence-electron chi connectivity index (χ0n) is 10.1. The van der Waals surface area contributed by atoms with E-state index in [1.165, 1.54) is 25.7 Å². The lowest BCUT2D eigenvalue weighted by Crippen LogP contribution is -2.35. The fraction of sp³-hybridized carbons (Fsp3) is 0.615. The maximum Gasteiger partial charge on any atom is 0.129 e. The maximum atomic E-state index is 5.92. The van der Waals surface area contributed by atoms with E-state index >= 15 is 0 Å². The number of halogens is 2. The van der Waals surface area contributed by atoms with Crippen LogP contribution in [-0.2, 0) is 0 Å². The summed E-state index contributed by atoms with van der Waals surface area (Å²) >= 11 is 9.41. The quantitative estimate of drug-likeness (QED) is 0.776. The highest BCUT2D eigenvalue weighted by atomic mass is 79.9. The molecule has 1 saturated carbocycles. The number of aromatic nitrogens is 1. The minimum absolute atomic E-state index is 0.627. The van der Waals surface area contributed by atoms with E-state index in [2.05, 4.69) is 37.9 Å². The lowest BCUT2D eigenvalue weighted by molar-refractivity contribution is 0.614. The fourth-order valence-electron chi connectivity index (χ4n) is 2.48. The Kier molecular flexibility index (Phi) is 4.69. The number of anilines is 1. The van der Waals surface area contributed by atoms with Crippen molar-refractivity contribution in [2.24, 2.45) is 0 Å². The Morgan fingerprint density at radius 2 is 2.12 bits per heavy atom. The van der Waals surface area contributed by atoms with E-state index < -0.39 is 0 Å². The average Bonchev–Trinajstić information content (AvgIpc) is 2.83. The molecule has 4 heteroatoms. The molecule has 1 aliphatic rings. The first-order valence-corrected chi connectivity index (χ1v) is 7.51. The van der Waals surface area contributed by atoms with Gasteiger partial charge >= 0.3 is 0 Å². The van der Waals surface area contributed by atoms with Gasteiger partial charge in [0.2, 0.25) is 0 Å². The SMILES string of the molecule is Cc1nc(N(CCCl)C2CCCC2)ccc1Br. The molecule has 17 heavy (non-hydrogen) atoms. The van der Waals surface area contributed by atoms with Gasteiger partial charge in [-0.15, -0.1) is 11.6 Å². The van der Waals surface area contributed by atoms with Crippen molar-refractivity contribution in [2.75, 3.05) is 17.3 Å². The molecule has 0 N–H and O–H groups in total. The first kappa shape index (κ1) is 13.2. The second kappa shape index (κ2) is 6.05. The molecule has 1 aromatic rings. The first-order chi connectivity index (χ1) is 8.22. The van der Waals surface area contributed by atoms with Gasteiger partial charge in [0, 0.05) is 22.9 Å². The Balaban J connectivity index is 2.21. The zero-order chi connectivity index (χ0) is 12.3. The number of hydrogen-bond donors (Lipinski definition) is 0. The summed E-state index contributed by atoms with van der Waals surface area (Å²) < 4.78 is 1.07. The summed E-state index contributed by atoms with van der Waals surface area (Å²) in [5, 5.41) is 0. The molecule has 1 heterocycles. The molecule has 1 aliphatic carbocycles. The lowest BCUT2D eigenvalue weighted by atomic mass is 10.2. The molecule has 0 saturated heterocycles. The van der Waals surface area contributed by atoms with Gasteiger partial charge in [0.1, 0.15) is 5.82 Å². The minimum atomic E-state index is 0.627. The first-order valence-electron chi connectivity index (χ1n) is 6.18. The lowest BCUT2D eigenvalue weighted by Gasteiger charge is -2.29. The van der Waals surface area contributed by atoms with Crippen LogP contribution in [0, 0.1) is 6.92 Å². The fourth-order valence-corrected chi connectivity index (χ4v) is 2.88. The van der Waals surface area contributed by atoms with Crippen LogP contribution in [0.5, 0.6) is 0 Å². The normalized spacial score (nSPS) is 16.4. The van der Waals surface area contributed by atoms with Crippen LogP contribution in [0.1, 0.15) is 31.4 Å². The number of hydrogen-bond acceptors (Lipinski definition) is 2. The average molecular weight is 318 g/mol. The van der Waals surface area contributed by atoms with Crippen LogP contribution in [0.2, 0.25) is 0 Å². The molecule has 0 aromatic carbocycles. The van der Waals surface area contributed by atoms with E-state index in [1.807, 2.05) is 6.92 Å². The number of nitrogens with zero attached hydrogens (tertiary/aromatic N) is 2. The summed E-state index contributed by atoms with van der Waals surface area (Å²) in [6.07, 6.45) is 5.21. The molecule has 1 fully saturated rings. The molecule has 0 bridgehead atoms. The Bertz CT molecular complexity index is 378. The maximum absolute atomic E-state index is 5.92. The summed E-state index contributed by atoms with van der Waals surface area (Å²) in [4.78, 5) is 7.03. The third-order valence-corrected chi connectivity index (χ3v) is 4.40. The van der Waals surface area contributed by atoms with Gasteiger partial charge in [-0.2, -0.15) is 0 Å². The number of alkyl halides is 1. The highest BCUT2D eigenvalue weighted by molar-refractivity contribution is 9.10. The van der Waals surface area contributed by atoms with Gasteiger partial charge in [0.15, 0.2) is 0 Å². The molecule has 0 unspecified atom stereocenters. The molecular formula is C13H18BrClN2. The molecule has 2 rings (SSSR count). The van der Waals surface area contributed by atoms with Gasteiger partial charge in [-0.3, -0.25) is 0 Å². The summed E-state index contributed by atoms with van der Waals surface area (Å²) in [6.45, 7) is 2.92. The van der Waals surface area contributed by atoms with Gasteiger partial charge < -0.3 is 4.90 Å². The Morgan fingerprint density at radius 3 is 2.71 bits per heavy atom. The van der Waals surface area contributed by atoms with Crippen LogP contribution in [-0.4, -0.2) is 23.5 Å². The minimum Gasteiger partial charge on any atom is -0.352 e. The van der Waals surface area contributed by atoms with E-state index in [-0.39, 0.29) is 0 Å². The van der Waals surface area contributed by atoms with Crippen molar-refractivity contribution in [3.63, 3.8) is 0 Å². The van der Waals surface area contributed by atoms with Crippen molar-refractivity contribution in [3.05, 3.63) is 22.3 Å². The van der Waals surface area contributed by atoms with Gasteiger partial charge in [-0.25, -0.2) is 4.98 Å². The van der Waals surface area contributed by atoms with Crippen molar-refractivity contribution in [1.29, 1.82) is 0 Å². The van der Waals surface area contributed by atoms with Crippen molar-refractivity contribution in [2.45, 2.75) is 38.6 Å². The third kappa shape index (κ3) is 3.14. The van der Waals surface area contributed by atoms with Crippen LogP contribution < -0.4 is 4.90 Å². The summed E-state index contributed by atoms with van der Waals surface area (Å²) in [6, 6.07) is 4.79. The molecule has 0 aliphatic heterocycles.